The molecule has 0 unspecified atom stereocenters. The monoisotopic (exact) mass is 520 g/mol. The third kappa shape index (κ3) is 6.05. The summed E-state index contributed by atoms with van der Waals surface area (Å²) in [6, 6.07) is 3.82. The minimum absolute atomic E-state index is 0.0409. The van der Waals surface area contributed by atoms with E-state index in [1.54, 1.807) is 4.90 Å². The van der Waals surface area contributed by atoms with Gasteiger partial charge in [0.25, 0.3) is 5.82 Å². The van der Waals surface area contributed by atoms with Crippen LogP contribution in [0.3, 0.4) is 0 Å². The summed E-state index contributed by atoms with van der Waals surface area (Å²) in [7, 11) is -3.48. The quantitative estimate of drug-likeness (QED) is 0.532. The number of piperazine rings is 1. The minimum Gasteiger partial charge on any atom is -0.490 e. The molecule has 1 aromatic carbocycles. The maximum absolute atomic E-state index is 14.2. The number of alkyl halides is 3. The van der Waals surface area contributed by atoms with Gasteiger partial charge in [-0.25, -0.2) is 12.8 Å². The average molecular weight is 521 g/mol. The summed E-state index contributed by atoms with van der Waals surface area (Å²) in [6.07, 6.45) is 0.0720. The van der Waals surface area contributed by atoms with E-state index in [1.165, 1.54) is 12.1 Å². The lowest BCUT2D eigenvalue weighted by Gasteiger charge is -2.44. The standard InChI is InChI=1S/C22H28F4N4O4S/c1-14-12-29(9-10-30(14)21-27-20(28-34-21)22(24,25)26)16-5-3-15(4-6-16)13-33-19-8-7-17(11-18(19)23)35(2,31)32/h7-8,11,14-16H,3-6,9-10,12-13H2,1-2H3/t14-,15?,16?/m0/s1. The third-order valence-corrected chi connectivity index (χ3v) is 7.82. The highest BCUT2D eigenvalue weighted by Crippen LogP contribution is 2.32. The van der Waals surface area contributed by atoms with Gasteiger partial charge in [-0.05, 0) is 61.9 Å². The van der Waals surface area contributed by atoms with Crippen molar-refractivity contribution in [3.05, 3.63) is 29.8 Å². The number of sulfone groups is 1. The highest BCUT2D eigenvalue weighted by molar-refractivity contribution is 7.90. The Kier molecular flexibility index (Phi) is 7.28. The molecular weight excluding hydrogens is 492 g/mol. The van der Waals surface area contributed by atoms with Crippen LogP contribution in [0.4, 0.5) is 23.6 Å². The number of aromatic nitrogens is 2. The van der Waals surface area contributed by atoms with Crippen molar-refractivity contribution in [2.45, 2.75) is 55.8 Å². The fraction of sp³-hybridized carbons (Fsp3) is 0.636. The molecule has 0 bridgehead atoms. The predicted octanol–water partition coefficient (Wildman–Crippen LogP) is 3.78. The minimum atomic E-state index is -4.64. The molecule has 1 saturated heterocycles. The molecule has 2 fully saturated rings. The maximum Gasteiger partial charge on any atom is 0.455 e. The fourth-order valence-electron chi connectivity index (χ4n) is 4.76. The van der Waals surface area contributed by atoms with Crippen LogP contribution in [-0.2, 0) is 16.0 Å². The molecule has 1 aliphatic carbocycles. The second-order valence-electron chi connectivity index (χ2n) is 9.29. The smallest absolute Gasteiger partial charge is 0.455 e. The van der Waals surface area contributed by atoms with Gasteiger partial charge in [0.1, 0.15) is 0 Å². The number of rotatable bonds is 6. The van der Waals surface area contributed by atoms with Crippen LogP contribution in [0.15, 0.2) is 27.6 Å². The largest absolute Gasteiger partial charge is 0.490 e. The Balaban J connectivity index is 1.25. The summed E-state index contributed by atoms with van der Waals surface area (Å²) in [5.41, 5.74) is 0. The molecule has 0 amide bonds. The second kappa shape index (κ2) is 9.92. The van der Waals surface area contributed by atoms with Crippen molar-refractivity contribution in [1.82, 2.24) is 15.0 Å². The van der Waals surface area contributed by atoms with E-state index < -0.39 is 27.7 Å². The molecule has 1 atom stereocenters. The number of nitrogens with zero attached hydrogens (tertiary/aromatic N) is 4. The highest BCUT2D eigenvalue weighted by Gasteiger charge is 2.39. The maximum atomic E-state index is 14.2. The molecule has 1 aliphatic heterocycles. The zero-order chi connectivity index (χ0) is 25.4. The van der Waals surface area contributed by atoms with Crippen LogP contribution in [0.2, 0.25) is 0 Å². The lowest BCUT2D eigenvalue weighted by Crippen LogP contribution is -2.55. The summed E-state index contributed by atoms with van der Waals surface area (Å²) < 4.78 is 86.1. The lowest BCUT2D eigenvalue weighted by molar-refractivity contribution is -0.146. The van der Waals surface area contributed by atoms with Crippen molar-refractivity contribution in [3.8, 4) is 5.75 Å². The average Bonchev–Trinajstić information content (AvgIpc) is 3.28. The van der Waals surface area contributed by atoms with E-state index in [0.717, 1.165) is 38.0 Å². The van der Waals surface area contributed by atoms with Gasteiger partial charge in [-0.2, -0.15) is 18.2 Å². The van der Waals surface area contributed by atoms with Crippen molar-refractivity contribution in [2.75, 3.05) is 37.4 Å². The molecule has 0 spiro atoms. The summed E-state index contributed by atoms with van der Waals surface area (Å²) in [5.74, 6) is -1.66. The molecule has 2 aliphatic rings. The zero-order valence-electron chi connectivity index (χ0n) is 19.5. The van der Waals surface area contributed by atoms with Gasteiger partial charge >= 0.3 is 12.2 Å². The number of halogens is 4. The number of benzene rings is 1. The molecule has 1 saturated carbocycles. The second-order valence-corrected chi connectivity index (χ2v) is 11.3. The molecule has 4 rings (SSSR count). The van der Waals surface area contributed by atoms with E-state index in [9.17, 15) is 26.0 Å². The van der Waals surface area contributed by atoms with Crippen molar-refractivity contribution in [1.29, 1.82) is 0 Å². The first-order chi connectivity index (χ1) is 16.4. The summed E-state index contributed by atoms with van der Waals surface area (Å²) in [6.45, 7) is 4.12. The lowest BCUT2D eigenvalue weighted by atomic mass is 9.85. The first-order valence-electron chi connectivity index (χ1n) is 11.5. The van der Waals surface area contributed by atoms with Crippen LogP contribution in [0.25, 0.3) is 0 Å². The Morgan fingerprint density at radius 3 is 2.46 bits per heavy atom. The molecule has 1 aromatic heterocycles. The molecule has 13 heteroatoms. The number of hydrogen-bond acceptors (Lipinski definition) is 8. The van der Waals surface area contributed by atoms with Crippen LogP contribution in [-0.4, -0.2) is 68.0 Å². The fourth-order valence-corrected chi connectivity index (χ4v) is 5.40. The van der Waals surface area contributed by atoms with Crippen LogP contribution in [0.5, 0.6) is 5.75 Å². The Hall–Kier alpha value is -2.41. The molecular formula is C22H28F4N4O4S. The van der Waals surface area contributed by atoms with E-state index in [4.69, 9.17) is 9.26 Å². The van der Waals surface area contributed by atoms with E-state index >= 15 is 0 Å². The summed E-state index contributed by atoms with van der Waals surface area (Å²) in [4.78, 5) is 7.48. The van der Waals surface area contributed by atoms with Gasteiger partial charge in [-0.15, -0.1) is 0 Å². The number of hydrogen-bond donors (Lipinski definition) is 0. The van der Waals surface area contributed by atoms with E-state index in [0.29, 0.717) is 32.3 Å². The van der Waals surface area contributed by atoms with Gasteiger partial charge in [-0.3, -0.25) is 4.90 Å². The SMILES string of the molecule is C[C@H]1CN(C2CCC(COc3ccc(S(C)(=O)=O)cc3F)CC2)CCN1c1nc(C(F)(F)F)no1. The van der Waals surface area contributed by atoms with E-state index in [2.05, 4.69) is 15.0 Å². The Labute approximate surface area is 201 Å². The number of ether oxygens (including phenoxy) is 1. The Bertz CT molecular complexity index is 1130. The van der Waals surface area contributed by atoms with Gasteiger partial charge < -0.3 is 14.2 Å². The normalized spacial score (nSPS) is 24.5. The van der Waals surface area contributed by atoms with E-state index in [1.807, 2.05) is 6.92 Å². The molecule has 0 N–H and O–H groups in total. The van der Waals surface area contributed by atoms with Crippen LogP contribution in [0, 0.1) is 11.7 Å². The van der Waals surface area contributed by atoms with Crippen molar-refractivity contribution >= 4 is 15.9 Å². The van der Waals surface area contributed by atoms with E-state index in [-0.39, 0.29) is 28.6 Å². The predicted molar refractivity (Wildman–Crippen MR) is 118 cm³/mol. The van der Waals surface area contributed by atoms with Crippen LogP contribution in [0.1, 0.15) is 38.4 Å². The van der Waals surface area contributed by atoms with Gasteiger partial charge in [-0.1, -0.05) is 0 Å². The van der Waals surface area contributed by atoms with Crippen molar-refractivity contribution < 1.29 is 35.2 Å². The van der Waals surface area contributed by atoms with Gasteiger partial charge in [0, 0.05) is 38.0 Å². The van der Waals surface area contributed by atoms with Crippen LogP contribution < -0.4 is 9.64 Å². The molecule has 35 heavy (non-hydrogen) atoms. The number of anilines is 1. The zero-order valence-corrected chi connectivity index (χ0v) is 20.3. The molecule has 194 valence electrons. The van der Waals surface area contributed by atoms with Gasteiger partial charge in [0.2, 0.25) is 0 Å². The third-order valence-electron chi connectivity index (χ3n) is 6.71. The van der Waals surface area contributed by atoms with Gasteiger partial charge in [0.15, 0.2) is 21.4 Å². The highest BCUT2D eigenvalue weighted by atomic mass is 32.2. The summed E-state index contributed by atoms with van der Waals surface area (Å²) >= 11 is 0. The molecule has 2 heterocycles. The molecule has 8 nitrogen and oxygen atoms in total. The Morgan fingerprint density at radius 2 is 1.89 bits per heavy atom. The first-order valence-corrected chi connectivity index (χ1v) is 13.3. The molecule has 0 radical (unpaired) electrons. The molecule has 2 aromatic rings. The van der Waals surface area contributed by atoms with Crippen molar-refractivity contribution in [2.24, 2.45) is 5.92 Å². The van der Waals surface area contributed by atoms with Gasteiger partial charge in [0.05, 0.1) is 11.5 Å². The summed E-state index contributed by atoms with van der Waals surface area (Å²) in [5, 5.41) is 3.05. The topological polar surface area (TPSA) is 88.8 Å². The van der Waals surface area contributed by atoms with Crippen LogP contribution >= 0.6 is 0 Å². The first kappa shape index (κ1) is 25.7. The Morgan fingerprint density at radius 1 is 1.17 bits per heavy atom. The van der Waals surface area contributed by atoms with Crippen molar-refractivity contribution in [3.63, 3.8) is 0 Å².